The first-order chi connectivity index (χ1) is 6.99. The van der Waals surface area contributed by atoms with Gasteiger partial charge in [-0.05, 0) is 6.92 Å². The smallest absolute Gasteiger partial charge is 0.333 e. The molecule has 0 saturated carbocycles. The molecule has 0 fully saturated rings. The minimum absolute atomic E-state index is 0.162. The Labute approximate surface area is 84.6 Å². The number of ether oxygens (including phenoxy) is 1. The molecule has 0 aliphatic heterocycles. The van der Waals surface area contributed by atoms with Crippen LogP contribution in [0.15, 0.2) is 27.8 Å². The van der Waals surface area contributed by atoms with Crippen molar-refractivity contribution in [1.82, 2.24) is 9.97 Å². The van der Waals surface area contributed by atoms with E-state index in [2.05, 4.69) is 11.6 Å². The van der Waals surface area contributed by atoms with Crippen molar-refractivity contribution in [3.63, 3.8) is 0 Å². The van der Waals surface area contributed by atoms with Crippen LogP contribution >= 0.6 is 0 Å². The van der Waals surface area contributed by atoms with Gasteiger partial charge in [0, 0.05) is 11.6 Å². The second-order valence-corrected chi connectivity index (χ2v) is 2.97. The first-order valence-corrected chi connectivity index (χ1v) is 4.14. The summed E-state index contributed by atoms with van der Waals surface area (Å²) >= 11 is 0. The number of aromatic amines is 2. The third-order valence-corrected chi connectivity index (χ3v) is 1.52. The van der Waals surface area contributed by atoms with E-state index in [-0.39, 0.29) is 17.9 Å². The molecule has 1 aromatic rings. The molecule has 80 valence electrons. The lowest BCUT2D eigenvalue weighted by Crippen LogP contribution is -2.23. The number of esters is 1. The molecule has 6 nitrogen and oxygen atoms in total. The Morgan fingerprint density at radius 3 is 2.67 bits per heavy atom. The van der Waals surface area contributed by atoms with Crippen LogP contribution < -0.4 is 11.2 Å². The Bertz CT molecular complexity index is 469. The van der Waals surface area contributed by atoms with E-state index in [4.69, 9.17) is 4.74 Å². The number of carbonyl (C=O) groups excluding carboxylic acids is 1. The average molecular weight is 210 g/mol. The summed E-state index contributed by atoms with van der Waals surface area (Å²) in [7, 11) is 0. The van der Waals surface area contributed by atoms with Crippen LogP contribution in [0.5, 0.6) is 0 Å². The van der Waals surface area contributed by atoms with Gasteiger partial charge in [-0.25, -0.2) is 9.59 Å². The van der Waals surface area contributed by atoms with Crippen LogP contribution in [0.3, 0.4) is 0 Å². The second-order valence-electron chi connectivity index (χ2n) is 2.97. The fourth-order valence-corrected chi connectivity index (χ4v) is 0.864. The summed E-state index contributed by atoms with van der Waals surface area (Å²) in [5.74, 6) is -0.573. The van der Waals surface area contributed by atoms with Gasteiger partial charge in [0.2, 0.25) is 0 Å². The van der Waals surface area contributed by atoms with Crippen molar-refractivity contribution < 1.29 is 9.53 Å². The first-order valence-electron chi connectivity index (χ1n) is 4.14. The molecule has 6 heteroatoms. The molecule has 0 saturated heterocycles. The summed E-state index contributed by atoms with van der Waals surface area (Å²) in [5.41, 5.74) is -0.690. The Hall–Kier alpha value is -2.11. The van der Waals surface area contributed by atoms with Gasteiger partial charge in [0.15, 0.2) is 0 Å². The molecule has 0 spiro atoms. The van der Waals surface area contributed by atoms with Crippen molar-refractivity contribution in [2.75, 3.05) is 0 Å². The Kier molecular flexibility index (Phi) is 3.22. The van der Waals surface area contributed by atoms with Crippen molar-refractivity contribution in [3.05, 3.63) is 44.8 Å². The number of H-pyrrole nitrogens is 2. The maximum atomic E-state index is 11.0. The van der Waals surface area contributed by atoms with Crippen molar-refractivity contribution in [1.29, 1.82) is 0 Å². The van der Waals surface area contributed by atoms with E-state index >= 15 is 0 Å². The van der Waals surface area contributed by atoms with Gasteiger partial charge in [-0.1, -0.05) is 6.58 Å². The lowest BCUT2D eigenvalue weighted by atomic mass is 10.3. The predicted molar refractivity (Wildman–Crippen MR) is 52.3 cm³/mol. The van der Waals surface area contributed by atoms with Crippen LogP contribution in [0.1, 0.15) is 12.6 Å². The van der Waals surface area contributed by atoms with Crippen molar-refractivity contribution >= 4 is 5.97 Å². The summed E-state index contributed by atoms with van der Waals surface area (Å²) in [6.45, 7) is 4.73. The van der Waals surface area contributed by atoms with E-state index < -0.39 is 17.2 Å². The van der Waals surface area contributed by atoms with Crippen molar-refractivity contribution in [3.8, 4) is 0 Å². The lowest BCUT2D eigenvalue weighted by molar-refractivity contribution is -0.140. The number of nitrogens with one attached hydrogen (secondary N) is 2. The minimum atomic E-state index is -0.635. The predicted octanol–water partition coefficient (Wildman–Crippen LogP) is -0.318. The standard InChI is InChI=1S/C9H10N2O4/c1-5(2)8(13)15-4-6-3-7(12)11-9(14)10-6/h3H,1,4H2,2H3,(H2,10,11,12,14). The zero-order chi connectivity index (χ0) is 11.4. The van der Waals surface area contributed by atoms with E-state index in [0.29, 0.717) is 0 Å². The van der Waals surface area contributed by atoms with Gasteiger partial charge in [-0.2, -0.15) is 0 Å². The van der Waals surface area contributed by atoms with Gasteiger partial charge in [0.1, 0.15) is 6.61 Å². The molecule has 0 radical (unpaired) electrons. The van der Waals surface area contributed by atoms with Crippen LogP contribution in [-0.2, 0) is 16.1 Å². The fourth-order valence-electron chi connectivity index (χ4n) is 0.864. The molecule has 0 atom stereocenters. The fraction of sp³-hybridized carbons (Fsp3) is 0.222. The van der Waals surface area contributed by atoms with Gasteiger partial charge in [-0.3, -0.25) is 9.78 Å². The normalized spacial score (nSPS) is 9.67. The van der Waals surface area contributed by atoms with Crippen LogP contribution in [0.4, 0.5) is 0 Å². The Morgan fingerprint density at radius 1 is 1.47 bits per heavy atom. The Balaban J connectivity index is 2.74. The van der Waals surface area contributed by atoms with Gasteiger partial charge < -0.3 is 9.72 Å². The van der Waals surface area contributed by atoms with Gasteiger partial charge in [-0.15, -0.1) is 0 Å². The third-order valence-electron chi connectivity index (χ3n) is 1.52. The average Bonchev–Trinajstić information content (AvgIpc) is 2.12. The monoisotopic (exact) mass is 210 g/mol. The number of rotatable bonds is 3. The van der Waals surface area contributed by atoms with Crippen LogP contribution in [0.25, 0.3) is 0 Å². The van der Waals surface area contributed by atoms with E-state index in [1.54, 1.807) is 0 Å². The molecule has 0 unspecified atom stereocenters. The molecular formula is C9H10N2O4. The maximum absolute atomic E-state index is 11.0. The van der Waals surface area contributed by atoms with Crippen LogP contribution in [0.2, 0.25) is 0 Å². The quantitative estimate of drug-likeness (QED) is 0.528. The summed E-state index contributed by atoms with van der Waals surface area (Å²) in [6, 6.07) is 1.15. The largest absolute Gasteiger partial charge is 0.456 e. The zero-order valence-electron chi connectivity index (χ0n) is 8.12. The van der Waals surface area contributed by atoms with Crippen molar-refractivity contribution in [2.24, 2.45) is 0 Å². The number of aromatic nitrogens is 2. The zero-order valence-corrected chi connectivity index (χ0v) is 8.12. The number of hydrogen-bond acceptors (Lipinski definition) is 4. The molecule has 1 aromatic heterocycles. The second kappa shape index (κ2) is 4.41. The molecule has 0 amide bonds. The molecule has 15 heavy (non-hydrogen) atoms. The van der Waals surface area contributed by atoms with E-state index in [1.807, 2.05) is 4.98 Å². The Morgan fingerprint density at radius 2 is 2.13 bits per heavy atom. The molecule has 0 bridgehead atoms. The molecule has 0 aliphatic carbocycles. The molecule has 1 rings (SSSR count). The number of carbonyl (C=O) groups is 1. The lowest BCUT2D eigenvalue weighted by Gasteiger charge is -2.02. The van der Waals surface area contributed by atoms with E-state index in [1.165, 1.54) is 6.92 Å². The summed E-state index contributed by atoms with van der Waals surface area (Å²) in [5, 5.41) is 0. The van der Waals surface area contributed by atoms with E-state index in [9.17, 15) is 14.4 Å². The summed E-state index contributed by atoms with van der Waals surface area (Å²) < 4.78 is 4.74. The molecule has 1 heterocycles. The highest BCUT2D eigenvalue weighted by atomic mass is 16.5. The van der Waals surface area contributed by atoms with Crippen LogP contribution in [0, 0.1) is 0 Å². The maximum Gasteiger partial charge on any atom is 0.333 e. The molecule has 0 aliphatic rings. The van der Waals surface area contributed by atoms with Crippen molar-refractivity contribution in [2.45, 2.75) is 13.5 Å². The van der Waals surface area contributed by atoms with Gasteiger partial charge in [0.25, 0.3) is 5.56 Å². The SMILES string of the molecule is C=C(C)C(=O)OCc1cc(=O)[nH]c(=O)[nH]1. The highest BCUT2D eigenvalue weighted by Crippen LogP contribution is 1.96. The molecular weight excluding hydrogens is 200 g/mol. The summed E-state index contributed by atoms with van der Waals surface area (Å²) in [6.07, 6.45) is 0. The van der Waals surface area contributed by atoms with Gasteiger partial charge >= 0.3 is 11.7 Å². The summed E-state index contributed by atoms with van der Waals surface area (Å²) in [4.78, 5) is 37.0. The highest BCUT2D eigenvalue weighted by molar-refractivity contribution is 5.86. The van der Waals surface area contributed by atoms with Crippen LogP contribution in [-0.4, -0.2) is 15.9 Å². The van der Waals surface area contributed by atoms with E-state index in [0.717, 1.165) is 6.07 Å². The highest BCUT2D eigenvalue weighted by Gasteiger charge is 2.04. The molecule has 2 N–H and O–H groups in total. The third kappa shape index (κ3) is 3.26. The van der Waals surface area contributed by atoms with Gasteiger partial charge in [0.05, 0.1) is 5.69 Å². The minimum Gasteiger partial charge on any atom is -0.456 e. The topological polar surface area (TPSA) is 92.0 Å². The first kappa shape index (κ1) is 11.0. The molecule has 0 aromatic carbocycles. The number of hydrogen-bond donors (Lipinski definition) is 2.